The summed E-state index contributed by atoms with van der Waals surface area (Å²) in [7, 11) is 0. The van der Waals surface area contributed by atoms with E-state index < -0.39 is 0 Å². The molecule has 0 aliphatic carbocycles. The summed E-state index contributed by atoms with van der Waals surface area (Å²) in [6, 6.07) is 6.67. The molecule has 0 atom stereocenters. The smallest absolute Gasteiger partial charge is 0.134 e. The molecule has 3 heterocycles. The Morgan fingerprint density at radius 3 is 2.26 bits per heavy atom. The molecule has 2 saturated heterocycles. The second-order valence-corrected chi connectivity index (χ2v) is 7.24. The highest BCUT2D eigenvalue weighted by atomic mass is 35.5. The number of halogens is 2. The molecular weight excluding hydrogens is 369 g/mol. The van der Waals surface area contributed by atoms with Crippen molar-refractivity contribution in [2.45, 2.75) is 6.54 Å². The third-order valence-electron chi connectivity index (χ3n) is 5.08. The predicted octanol–water partition coefficient (Wildman–Crippen LogP) is 2.43. The Bertz CT molecular complexity index is 778. The molecule has 144 valence electrons. The third-order valence-corrected chi connectivity index (χ3v) is 5.43. The minimum atomic E-state index is -0.298. The van der Waals surface area contributed by atoms with Crippen LogP contribution in [0.4, 0.5) is 16.0 Å². The van der Waals surface area contributed by atoms with Crippen LogP contribution in [0.3, 0.4) is 0 Å². The number of nitrogens with zero attached hydrogens (tertiary/aromatic N) is 5. The van der Waals surface area contributed by atoms with Gasteiger partial charge in [0, 0.05) is 56.9 Å². The first-order valence-electron chi connectivity index (χ1n) is 9.25. The fourth-order valence-corrected chi connectivity index (χ4v) is 3.73. The Kier molecular flexibility index (Phi) is 5.71. The molecule has 1 aromatic carbocycles. The zero-order valence-electron chi connectivity index (χ0n) is 15.2. The number of anilines is 2. The topological polar surface area (TPSA) is 44.7 Å². The van der Waals surface area contributed by atoms with Crippen molar-refractivity contribution in [3.05, 3.63) is 47.0 Å². The van der Waals surface area contributed by atoms with E-state index in [-0.39, 0.29) is 5.82 Å². The molecule has 2 fully saturated rings. The molecule has 0 N–H and O–H groups in total. The number of hydrogen-bond acceptors (Lipinski definition) is 6. The lowest BCUT2D eigenvalue weighted by molar-refractivity contribution is 0.122. The van der Waals surface area contributed by atoms with Gasteiger partial charge in [-0.05, 0) is 17.7 Å². The lowest BCUT2D eigenvalue weighted by atomic mass is 10.2. The van der Waals surface area contributed by atoms with E-state index in [1.807, 2.05) is 0 Å². The number of morpholine rings is 1. The average Bonchev–Trinajstić information content (AvgIpc) is 2.71. The van der Waals surface area contributed by atoms with E-state index in [0.29, 0.717) is 5.02 Å². The Morgan fingerprint density at radius 2 is 1.59 bits per heavy atom. The SMILES string of the molecule is Fc1ccc(CN2CCN(c3cc(N4CCOCC4)ncn3)CC2)c(Cl)c1. The summed E-state index contributed by atoms with van der Waals surface area (Å²) in [6.07, 6.45) is 1.64. The van der Waals surface area contributed by atoms with Crippen LogP contribution < -0.4 is 9.80 Å². The third kappa shape index (κ3) is 4.48. The maximum absolute atomic E-state index is 13.2. The van der Waals surface area contributed by atoms with Gasteiger partial charge in [0.2, 0.25) is 0 Å². The number of piperazine rings is 1. The summed E-state index contributed by atoms with van der Waals surface area (Å²) in [4.78, 5) is 15.7. The fraction of sp³-hybridized carbons (Fsp3) is 0.474. The van der Waals surface area contributed by atoms with Crippen LogP contribution >= 0.6 is 11.6 Å². The molecule has 2 aliphatic heterocycles. The quantitative estimate of drug-likeness (QED) is 0.797. The predicted molar refractivity (Wildman–Crippen MR) is 104 cm³/mol. The van der Waals surface area contributed by atoms with Crippen molar-refractivity contribution in [2.24, 2.45) is 0 Å². The highest BCUT2D eigenvalue weighted by Crippen LogP contribution is 2.22. The van der Waals surface area contributed by atoms with E-state index in [2.05, 4.69) is 30.7 Å². The molecule has 2 aliphatic rings. The lowest BCUT2D eigenvalue weighted by Gasteiger charge is -2.36. The monoisotopic (exact) mass is 391 g/mol. The van der Waals surface area contributed by atoms with Crippen LogP contribution in [0.15, 0.2) is 30.6 Å². The normalized spacial score (nSPS) is 18.7. The van der Waals surface area contributed by atoms with Crippen LogP contribution in [0.5, 0.6) is 0 Å². The maximum atomic E-state index is 13.2. The van der Waals surface area contributed by atoms with Crippen LogP contribution in [-0.4, -0.2) is 67.4 Å². The van der Waals surface area contributed by atoms with Gasteiger partial charge in [-0.15, -0.1) is 0 Å². The highest BCUT2D eigenvalue weighted by molar-refractivity contribution is 6.31. The molecule has 6 nitrogen and oxygen atoms in total. The largest absolute Gasteiger partial charge is 0.378 e. The summed E-state index contributed by atoms with van der Waals surface area (Å²) in [6.45, 7) is 7.53. The zero-order chi connectivity index (χ0) is 18.6. The molecule has 2 aromatic rings. The van der Waals surface area contributed by atoms with Crippen molar-refractivity contribution < 1.29 is 9.13 Å². The van der Waals surface area contributed by atoms with Gasteiger partial charge in [-0.2, -0.15) is 0 Å². The number of ether oxygens (including phenoxy) is 1. The summed E-state index contributed by atoms with van der Waals surface area (Å²) < 4.78 is 18.6. The van der Waals surface area contributed by atoms with Crippen LogP contribution in [0.1, 0.15) is 5.56 Å². The Morgan fingerprint density at radius 1 is 0.926 bits per heavy atom. The van der Waals surface area contributed by atoms with E-state index in [4.69, 9.17) is 16.3 Å². The fourth-order valence-electron chi connectivity index (χ4n) is 3.50. The van der Waals surface area contributed by atoms with Gasteiger partial charge in [0.1, 0.15) is 23.8 Å². The molecule has 4 rings (SSSR count). The molecule has 27 heavy (non-hydrogen) atoms. The number of benzene rings is 1. The summed E-state index contributed by atoms with van der Waals surface area (Å²) in [5, 5.41) is 0.489. The second-order valence-electron chi connectivity index (χ2n) is 6.83. The molecule has 8 heteroatoms. The van der Waals surface area contributed by atoms with Gasteiger partial charge in [-0.1, -0.05) is 17.7 Å². The van der Waals surface area contributed by atoms with Gasteiger partial charge in [0.05, 0.1) is 13.2 Å². The average molecular weight is 392 g/mol. The minimum absolute atomic E-state index is 0.298. The van der Waals surface area contributed by atoms with Gasteiger partial charge >= 0.3 is 0 Å². The molecule has 0 unspecified atom stereocenters. The van der Waals surface area contributed by atoms with Crippen LogP contribution in [0.25, 0.3) is 0 Å². The molecule has 0 spiro atoms. The van der Waals surface area contributed by atoms with Crippen molar-refractivity contribution in [3.8, 4) is 0 Å². The van der Waals surface area contributed by atoms with Crippen LogP contribution in [-0.2, 0) is 11.3 Å². The minimum Gasteiger partial charge on any atom is -0.378 e. The summed E-state index contributed by atoms with van der Waals surface area (Å²) in [5.41, 5.74) is 0.961. The first-order chi connectivity index (χ1) is 13.2. The zero-order valence-corrected chi connectivity index (χ0v) is 15.9. The van der Waals surface area contributed by atoms with E-state index >= 15 is 0 Å². The lowest BCUT2D eigenvalue weighted by Crippen LogP contribution is -2.46. The van der Waals surface area contributed by atoms with Crippen molar-refractivity contribution in [2.75, 3.05) is 62.3 Å². The van der Waals surface area contributed by atoms with Gasteiger partial charge in [0.25, 0.3) is 0 Å². The highest BCUT2D eigenvalue weighted by Gasteiger charge is 2.20. The van der Waals surface area contributed by atoms with Crippen LogP contribution in [0, 0.1) is 5.82 Å². The molecule has 0 saturated carbocycles. The molecule has 1 aromatic heterocycles. The van der Waals surface area contributed by atoms with Gasteiger partial charge in [-0.25, -0.2) is 14.4 Å². The summed E-state index contributed by atoms with van der Waals surface area (Å²) in [5.74, 6) is 1.63. The second kappa shape index (κ2) is 8.37. The number of aromatic nitrogens is 2. The van der Waals surface area contributed by atoms with E-state index in [0.717, 1.165) is 76.2 Å². The van der Waals surface area contributed by atoms with E-state index in [1.54, 1.807) is 12.4 Å². The first kappa shape index (κ1) is 18.4. The standard InChI is InChI=1S/C19H23ClFN5O/c20-17-11-16(21)2-1-15(17)13-24-3-5-25(6-4-24)18-12-19(23-14-22-18)26-7-9-27-10-8-26/h1-2,11-12,14H,3-10,13H2. The maximum Gasteiger partial charge on any atom is 0.134 e. The number of rotatable bonds is 4. The molecule has 0 bridgehead atoms. The van der Waals surface area contributed by atoms with Gasteiger partial charge in [0.15, 0.2) is 0 Å². The van der Waals surface area contributed by atoms with Crippen molar-refractivity contribution in [1.29, 1.82) is 0 Å². The Hall–Kier alpha value is -1.96. The van der Waals surface area contributed by atoms with Crippen molar-refractivity contribution in [1.82, 2.24) is 14.9 Å². The van der Waals surface area contributed by atoms with Crippen molar-refractivity contribution in [3.63, 3.8) is 0 Å². The number of hydrogen-bond donors (Lipinski definition) is 0. The molecule has 0 radical (unpaired) electrons. The van der Waals surface area contributed by atoms with Gasteiger partial charge in [-0.3, -0.25) is 4.90 Å². The van der Waals surface area contributed by atoms with E-state index in [1.165, 1.54) is 12.1 Å². The summed E-state index contributed by atoms with van der Waals surface area (Å²) >= 11 is 6.16. The Balaban J connectivity index is 1.36. The first-order valence-corrected chi connectivity index (χ1v) is 9.63. The van der Waals surface area contributed by atoms with Gasteiger partial charge < -0.3 is 14.5 Å². The van der Waals surface area contributed by atoms with Crippen LogP contribution in [0.2, 0.25) is 5.02 Å². The molecule has 0 amide bonds. The Labute approximate surface area is 163 Å². The molecular formula is C19H23ClFN5O. The van der Waals surface area contributed by atoms with Crippen molar-refractivity contribution >= 4 is 23.2 Å². The van der Waals surface area contributed by atoms with E-state index in [9.17, 15) is 4.39 Å².